The molecule has 0 saturated heterocycles. The Bertz CT molecular complexity index is 796. The van der Waals surface area contributed by atoms with Gasteiger partial charge in [-0.3, -0.25) is 4.79 Å². The summed E-state index contributed by atoms with van der Waals surface area (Å²) in [5, 5.41) is 18.8. The summed E-state index contributed by atoms with van der Waals surface area (Å²) in [6.45, 7) is 4.05. The molecule has 0 unspecified atom stereocenters. The molecule has 0 N–H and O–H groups in total. The lowest BCUT2D eigenvalue weighted by atomic mass is 10.2. The second-order valence-electron chi connectivity index (χ2n) is 4.64. The Kier molecular flexibility index (Phi) is 5.08. The average molecular weight is 313 g/mol. The van der Waals surface area contributed by atoms with Gasteiger partial charge in [0.2, 0.25) is 0 Å². The molecule has 6 heteroatoms. The molecule has 0 aliphatic rings. The van der Waals surface area contributed by atoms with Crippen molar-refractivity contribution in [3.8, 4) is 12.1 Å². The van der Waals surface area contributed by atoms with Crippen molar-refractivity contribution in [1.29, 1.82) is 10.5 Å². The normalized spacial score (nSPS) is 10.2. The smallest absolute Gasteiger partial charge is 0.306 e. The number of pyridine rings is 1. The average Bonchev–Trinajstić information content (AvgIpc) is 2.79. The standard InChI is InChI=1S/C16H15N3O2S/c1-3-21-15(20)5-7-22-16-12(9-17)13-8-11(2)4-6-19(13)14(16)10-18/h4,6,8H,3,5,7H2,1-2H3. The molecule has 0 atom stereocenters. The largest absolute Gasteiger partial charge is 0.466 e. The molecule has 0 aliphatic carbocycles. The van der Waals surface area contributed by atoms with E-state index in [1.807, 2.05) is 19.1 Å². The summed E-state index contributed by atoms with van der Waals surface area (Å²) >= 11 is 1.34. The minimum Gasteiger partial charge on any atom is -0.466 e. The third-order valence-electron chi connectivity index (χ3n) is 3.13. The SMILES string of the molecule is CCOC(=O)CCSc1c(C#N)c2cc(C)ccn2c1C#N. The zero-order valence-corrected chi connectivity index (χ0v) is 13.2. The van der Waals surface area contributed by atoms with Gasteiger partial charge in [0.1, 0.15) is 17.8 Å². The predicted octanol–water partition coefficient (Wildman–Crippen LogP) is 3.04. The molecule has 0 aliphatic heterocycles. The maximum atomic E-state index is 11.4. The Morgan fingerprint density at radius 3 is 2.82 bits per heavy atom. The number of esters is 1. The maximum Gasteiger partial charge on any atom is 0.306 e. The monoisotopic (exact) mass is 313 g/mol. The summed E-state index contributed by atoms with van der Waals surface area (Å²) in [7, 11) is 0. The first-order valence-corrected chi connectivity index (χ1v) is 7.84. The molecule has 0 aromatic carbocycles. The van der Waals surface area contributed by atoms with Gasteiger partial charge in [-0.25, -0.2) is 0 Å². The van der Waals surface area contributed by atoms with Crippen molar-refractivity contribution >= 4 is 23.2 Å². The van der Waals surface area contributed by atoms with E-state index in [1.165, 1.54) is 11.8 Å². The molecule has 5 nitrogen and oxygen atoms in total. The van der Waals surface area contributed by atoms with Gasteiger partial charge in [0.25, 0.3) is 0 Å². The minimum absolute atomic E-state index is 0.249. The fourth-order valence-electron chi connectivity index (χ4n) is 2.16. The number of aryl methyl sites for hydroxylation is 1. The lowest BCUT2D eigenvalue weighted by Gasteiger charge is -2.01. The van der Waals surface area contributed by atoms with Crippen LogP contribution < -0.4 is 0 Å². The number of hydrogen-bond acceptors (Lipinski definition) is 5. The summed E-state index contributed by atoms with van der Waals surface area (Å²) in [6.07, 6.45) is 2.04. The summed E-state index contributed by atoms with van der Waals surface area (Å²) in [5.41, 5.74) is 2.65. The van der Waals surface area contributed by atoms with Gasteiger partial charge in [0.15, 0.2) is 0 Å². The predicted molar refractivity (Wildman–Crippen MR) is 83.5 cm³/mol. The van der Waals surface area contributed by atoms with E-state index in [1.54, 1.807) is 17.5 Å². The first-order valence-electron chi connectivity index (χ1n) is 6.85. The molecule has 0 saturated carbocycles. The lowest BCUT2D eigenvalue weighted by Crippen LogP contribution is -2.04. The third kappa shape index (κ3) is 3.08. The highest BCUT2D eigenvalue weighted by molar-refractivity contribution is 7.99. The minimum atomic E-state index is -0.272. The molecule has 0 bridgehead atoms. The van der Waals surface area contributed by atoms with Crippen LogP contribution in [0.2, 0.25) is 0 Å². The van der Waals surface area contributed by atoms with Gasteiger partial charge in [-0.2, -0.15) is 10.5 Å². The van der Waals surface area contributed by atoms with Gasteiger partial charge < -0.3 is 9.14 Å². The molecule has 0 fully saturated rings. The van der Waals surface area contributed by atoms with Crippen LogP contribution in [0.3, 0.4) is 0 Å². The fourth-order valence-corrected chi connectivity index (χ4v) is 3.21. The van der Waals surface area contributed by atoms with Crippen LogP contribution in [0.5, 0.6) is 0 Å². The van der Waals surface area contributed by atoms with Gasteiger partial charge >= 0.3 is 5.97 Å². The molecule has 2 heterocycles. The number of carbonyl (C=O) groups is 1. The third-order valence-corrected chi connectivity index (χ3v) is 4.22. The van der Waals surface area contributed by atoms with E-state index in [-0.39, 0.29) is 12.4 Å². The van der Waals surface area contributed by atoms with Gasteiger partial charge in [-0.05, 0) is 31.5 Å². The van der Waals surface area contributed by atoms with E-state index < -0.39 is 0 Å². The van der Waals surface area contributed by atoms with Crippen LogP contribution >= 0.6 is 11.8 Å². The summed E-state index contributed by atoms with van der Waals surface area (Å²) < 4.78 is 6.60. The van der Waals surface area contributed by atoms with Crippen molar-refractivity contribution < 1.29 is 9.53 Å². The molecule has 2 aromatic heterocycles. The summed E-state index contributed by atoms with van der Waals surface area (Å²) in [6, 6.07) is 8.10. The number of aromatic nitrogens is 1. The van der Waals surface area contributed by atoms with Crippen LogP contribution in [0.1, 0.15) is 30.2 Å². The van der Waals surface area contributed by atoms with E-state index in [0.717, 1.165) is 11.1 Å². The van der Waals surface area contributed by atoms with Crippen molar-refractivity contribution in [2.45, 2.75) is 25.2 Å². The number of ether oxygens (including phenoxy) is 1. The zero-order chi connectivity index (χ0) is 16.1. The van der Waals surface area contributed by atoms with Crippen LogP contribution in [0.25, 0.3) is 5.52 Å². The highest BCUT2D eigenvalue weighted by Gasteiger charge is 2.19. The van der Waals surface area contributed by atoms with E-state index in [2.05, 4.69) is 12.1 Å². The van der Waals surface area contributed by atoms with E-state index in [0.29, 0.717) is 28.5 Å². The van der Waals surface area contributed by atoms with Crippen molar-refractivity contribution in [3.05, 3.63) is 35.2 Å². The Morgan fingerprint density at radius 1 is 1.41 bits per heavy atom. The van der Waals surface area contributed by atoms with Crippen molar-refractivity contribution in [1.82, 2.24) is 4.40 Å². The zero-order valence-electron chi connectivity index (χ0n) is 12.4. The molecule has 0 spiro atoms. The molecule has 0 radical (unpaired) electrons. The Labute approximate surface area is 133 Å². The number of thioether (sulfide) groups is 1. The Balaban J connectivity index is 2.35. The van der Waals surface area contributed by atoms with Crippen LogP contribution in [0, 0.1) is 29.6 Å². The van der Waals surface area contributed by atoms with Crippen LogP contribution in [-0.2, 0) is 9.53 Å². The van der Waals surface area contributed by atoms with Gasteiger partial charge in [0, 0.05) is 11.9 Å². The van der Waals surface area contributed by atoms with E-state index in [4.69, 9.17) is 4.74 Å². The van der Waals surface area contributed by atoms with Gasteiger partial charge in [0.05, 0.1) is 29.0 Å². The number of nitrogens with zero attached hydrogens (tertiary/aromatic N) is 3. The topological polar surface area (TPSA) is 78.3 Å². The van der Waals surface area contributed by atoms with E-state index in [9.17, 15) is 15.3 Å². The second-order valence-corrected chi connectivity index (χ2v) is 5.74. The maximum absolute atomic E-state index is 11.4. The number of nitriles is 2. The summed E-state index contributed by atoms with van der Waals surface area (Å²) in [4.78, 5) is 12.0. The molecule has 112 valence electrons. The highest BCUT2D eigenvalue weighted by atomic mass is 32.2. The number of fused-ring (bicyclic) bond motifs is 1. The highest BCUT2D eigenvalue weighted by Crippen LogP contribution is 2.32. The van der Waals surface area contributed by atoms with Crippen LogP contribution in [0.4, 0.5) is 0 Å². The molecular weight excluding hydrogens is 298 g/mol. The first-order chi connectivity index (χ1) is 10.6. The number of rotatable bonds is 5. The molecular formula is C16H15N3O2S. The first kappa shape index (κ1) is 15.9. The number of carbonyl (C=O) groups excluding carboxylic acids is 1. The quantitative estimate of drug-likeness (QED) is 0.626. The van der Waals surface area contributed by atoms with Crippen LogP contribution in [-0.4, -0.2) is 22.7 Å². The van der Waals surface area contributed by atoms with Gasteiger partial charge in [-0.1, -0.05) is 0 Å². The molecule has 2 aromatic rings. The van der Waals surface area contributed by atoms with Gasteiger partial charge in [-0.15, -0.1) is 11.8 Å². The van der Waals surface area contributed by atoms with Crippen molar-refractivity contribution in [2.24, 2.45) is 0 Å². The fraction of sp³-hybridized carbons (Fsp3) is 0.312. The second kappa shape index (κ2) is 7.02. The van der Waals surface area contributed by atoms with E-state index >= 15 is 0 Å². The summed E-state index contributed by atoms with van der Waals surface area (Å²) in [5.74, 6) is 0.199. The van der Waals surface area contributed by atoms with Crippen molar-refractivity contribution in [3.63, 3.8) is 0 Å². The molecule has 22 heavy (non-hydrogen) atoms. The Morgan fingerprint density at radius 2 is 2.18 bits per heavy atom. The number of hydrogen-bond donors (Lipinski definition) is 0. The molecule has 0 amide bonds. The van der Waals surface area contributed by atoms with Crippen molar-refractivity contribution in [2.75, 3.05) is 12.4 Å². The Hall–Kier alpha value is -2.44. The van der Waals surface area contributed by atoms with Crippen LogP contribution in [0.15, 0.2) is 23.2 Å². The lowest BCUT2D eigenvalue weighted by molar-refractivity contribution is -0.142. The molecule has 2 rings (SSSR count).